The van der Waals surface area contributed by atoms with Crippen molar-refractivity contribution < 1.29 is 9.90 Å². The number of hydrogen-bond donors (Lipinski definition) is 2. The minimum atomic E-state index is -1.02. The third-order valence-electron chi connectivity index (χ3n) is 3.98. The average Bonchev–Trinajstić information content (AvgIpc) is 3.16. The van der Waals surface area contributed by atoms with E-state index in [2.05, 4.69) is 15.2 Å². The fourth-order valence-electron chi connectivity index (χ4n) is 2.83. The number of carboxylic acid groups (broad SMARTS) is 1. The van der Waals surface area contributed by atoms with Gasteiger partial charge in [-0.2, -0.15) is 15.0 Å². The van der Waals surface area contributed by atoms with Crippen molar-refractivity contribution >= 4 is 22.6 Å². The molecule has 2 heterocycles. The van der Waals surface area contributed by atoms with Gasteiger partial charge in [0.1, 0.15) is 0 Å². The van der Waals surface area contributed by atoms with Gasteiger partial charge in [0.25, 0.3) is 0 Å². The molecule has 3 N–H and O–H groups in total. The lowest BCUT2D eigenvalue weighted by Gasteiger charge is -2.12. The molecule has 2 aromatic heterocycles. The first-order valence-electron chi connectivity index (χ1n) is 7.53. The van der Waals surface area contributed by atoms with E-state index in [1.54, 1.807) is 42.9 Å². The number of pyridine rings is 1. The summed E-state index contributed by atoms with van der Waals surface area (Å²) in [6.07, 6.45) is 4.76. The van der Waals surface area contributed by atoms with E-state index in [4.69, 9.17) is 5.73 Å². The number of nitrogens with two attached hydrogens (primary N) is 1. The van der Waals surface area contributed by atoms with Gasteiger partial charge >= 0.3 is 5.97 Å². The number of nitrogen functional groups attached to an aromatic ring is 1. The number of aromatic nitrogens is 4. The van der Waals surface area contributed by atoms with E-state index in [1.165, 1.54) is 4.80 Å². The lowest BCUT2D eigenvalue weighted by Crippen LogP contribution is -2.02. The van der Waals surface area contributed by atoms with Gasteiger partial charge in [0, 0.05) is 22.8 Å². The zero-order valence-corrected chi connectivity index (χ0v) is 13.0. The van der Waals surface area contributed by atoms with Crippen LogP contribution in [0.1, 0.15) is 10.4 Å². The molecule has 0 aliphatic rings. The predicted molar refractivity (Wildman–Crippen MR) is 93.5 cm³/mol. The van der Waals surface area contributed by atoms with Crippen molar-refractivity contribution in [1.82, 2.24) is 20.0 Å². The van der Waals surface area contributed by atoms with Crippen molar-refractivity contribution in [1.29, 1.82) is 0 Å². The van der Waals surface area contributed by atoms with Crippen LogP contribution < -0.4 is 5.73 Å². The maximum absolute atomic E-state index is 11.5. The van der Waals surface area contributed by atoms with Crippen LogP contribution in [0.5, 0.6) is 0 Å². The smallest absolute Gasteiger partial charge is 0.337 e. The number of nitrogens with zero attached hydrogens (tertiary/aromatic N) is 4. The summed E-state index contributed by atoms with van der Waals surface area (Å²) in [6.45, 7) is 0. The van der Waals surface area contributed by atoms with Crippen LogP contribution in [0.15, 0.2) is 61.1 Å². The Labute approximate surface area is 142 Å². The van der Waals surface area contributed by atoms with Gasteiger partial charge in [-0.05, 0) is 35.9 Å². The van der Waals surface area contributed by atoms with Gasteiger partial charge in [0.05, 0.1) is 29.2 Å². The molecule has 122 valence electrons. The first-order valence-corrected chi connectivity index (χ1v) is 7.53. The summed E-state index contributed by atoms with van der Waals surface area (Å²) in [6, 6.07) is 12.4. The number of fused-ring (bicyclic) bond motifs is 1. The van der Waals surface area contributed by atoms with Crippen LogP contribution in [0.4, 0.5) is 5.69 Å². The summed E-state index contributed by atoms with van der Waals surface area (Å²) in [7, 11) is 0. The van der Waals surface area contributed by atoms with Crippen molar-refractivity contribution in [3.8, 4) is 16.8 Å². The molecule has 0 amide bonds. The summed E-state index contributed by atoms with van der Waals surface area (Å²) >= 11 is 0. The summed E-state index contributed by atoms with van der Waals surface area (Å²) in [5.41, 5.74) is 9.66. The van der Waals surface area contributed by atoms with Gasteiger partial charge < -0.3 is 10.8 Å². The molecule has 0 aliphatic heterocycles. The molecule has 0 bridgehead atoms. The van der Waals surface area contributed by atoms with Crippen molar-refractivity contribution in [3.63, 3.8) is 0 Å². The average molecular weight is 331 g/mol. The molecule has 0 spiro atoms. The Kier molecular flexibility index (Phi) is 3.39. The zero-order valence-electron chi connectivity index (χ0n) is 13.0. The van der Waals surface area contributed by atoms with E-state index in [0.717, 1.165) is 22.2 Å². The Bertz CT molecular complexity index is 1090. The minimum absolute atomic E-state index is 0.155. The first kappa shape index (κ1) is 14.8. The van der Waals surface area contributed by atoms with Crippen LogP contribution in [0, 0.1) is 0 Å². The second-order valence-corrected chi connectivity index (χ2v) is 5.46. The Morgan fingerprint density at radius 2 is 1.80 bits per heavy atom. The highest BCUT2D eigenvalue weighted by Gasteiger charge is 2.15. The van der Waals surface area contributed by atoms with E-state index < -0.39 is 5.97 Å². The summed E-state index contributed by atoms with van der Waals surface area (Å²) in [5, 5.41) is 18.4. The molecule has 4 rings (SSSR count). The molecule has 0 saturated carbocycles. The molecule has 0 saturated heterocycles. The third-order valence-corrected chi connectivity index (χ3v) is 3.98. The minimum Gasteiger partial charge on any atom is -0.478 e. The van der Waals surface area contributed by atoms with Crippen LogP contribution in [0.3, 0.4) is 0 Å². The molecule has 7 nitrogen and oxygen atoms in total. The molecular weight excluding hydrogens is 318 g/mol. The second kappa shape index (κ2) is 5.72. The highest BCUT2D eigenvalue weighted by molar-refractivity contribution is 6.07. The van der Waals surface area contributed by atoms with E-state index >= 15 is 0 Å². The van der Waals surface area contributed by atoms with Crippen LogP contribution in [0.25, 0.3) is 27.7 Å². The summed E-state index contributed by atoms with van der Waals surface area (Å²) < 4.78 is 0. The molecule has 0 fully saturated rings. The molecule has 7 heteroatoms. The van der Waals surface area contributed by atoms with Crippen molar-refractivity contribution in [3.05, 3.63) is 66.6 Å². The predicted octanol–water partition coefficient (Wildman–Crippen LogP) is 2.76. The van der Waals surface area contributed by atoms with E-state index in [9.17, 15) is 9.90 Å². The number of hydrogen-bond acceptors (Lipinski definition) is 5. The van der Waals surface area contributed by atoms with Gasteiger partial charge in [-0.15, -0.1) is 0 Å². The second-order valence-electron chi connectivity index (χ2n) is 5.46. The van der Waals surface area contributed by atoms with Gasteiger partial charge in [-0.25, -0.2) is 4.79 Å². The lowest BCUT2D eigenvalue weighted by molar-refractivity contribution is 0.0699. The number of carboxylic acids is 1. The van der Waals surface area contributed by atoms with E-state index in [1.807, 2.05) is 18.2 Å². The maximum Gasteiger partial charge on any atom is 0.337 e. The Balaban J connectivity index is 1.98. The van der Waals surface area contributed by atoms with Crippen molar-refractivity contribution in [2.45, 2.75) is 0 Å². The maximum atomic E-state index is 11.5. The van der Waals surface area contributed by atoms with Crippen molar-refractivity contribution in [2.75, 3.05) is 5.73 Å². The van der Waals surface area contributed by atoms with Gasteiger partial charge in [-0.3, -0.25) is 4.98 Å². The topological polar surface area (TPSA) is 107 Å². The number of carbonyl (C=O) groups is 1. The summed E-state index contributed by atoms with van der Waals surface area (Å²) in [4.78, 5) is 17.2. The number of benzene rings is 2. The Morgan fingerprint density at radius 1 is 1.00 bits per heavy atom. The Morgan fingerprint density at radius 3 is 2.56 bits per heavy atom. The SMILES string of the molecule is Nc1ccc(-n2nccn2)cc1-c1ccc(C(=O)O)c2ncccc12. The number of anilines is 1. The largest absolute Gasteiger partial charge is 0.478 e. The Hall–Kier alpha value is -3.74. The van der Waals surface area contributed by atoms with Crippen LogP contribution in [-0.4, -0.2) is 31.1 Å². The number of rotatable bonds is 3. The van der Waals surface area contributed by atoms with Crippen LogP contribution in [-0.2, 0) is 0 Å². The molecule has 0 atom stereocenters. The number of aromatic carboxylic acids is 1. The van der Waals surface area contributed by atoms with Crippen LogP contribution in [0.2, 0.25) is 0 Å². The first-order chi connectivity index (χ1) is 12.1. The van der Waals surface area contributed by atoms with Gasteiger partial charge in [0.15, 0.2) is 0 Å². The molecule has 0 aliphatic carbocycles. The van der Waals surface area contributed by atoms with Crippen molar-refractivity contribution in [2.24, 2.45) is 0 Å². The molecule has 2 aromatic carbocycles. The molecular formula is C18H13N5O2. The third kappa shape index (κ3) is 2.47. The molecule has 0 radical (unpaired) electrons. The highest BCUT2D eigenvalue weighted by Crippen LogP contribution is 2.34. The monoisotopic (exact) mass is 331 g/mol. The normalized spacial score (nSPS) is 10.9. The zero-order chi connectivity index (χ0) is 17.4. The fourth-order valence-corrected chi connectivity index (χ4v) is 2.83. The standard InChI is InChI=1S/C18H13N5O2/c19-16-6-3-11(23-21-8-9-22-23)10-15(16)12-4-5-14(18(24)25)17-13(12)2-1-7-20-17/h1-10H,19H2,(H,24,25). The summed E-state index contributed by atoms with van der Waals surface area (Å²) in [5.74, 6) is -1.02. The van der Waals surface area contributed by atoms with E-state index in [-0.39, 0.29) is 5.56 Å². The highest BCUT2D eigenvalue weighted by atomic mass is 16.4. The molecule has 4 aromatic rings. The van der Waals surface area contributed by atoms with Crippen LogP contribution >= 0.6 is 0 Å². The quantitative estimate of drug-likeness (QED) is 0.559. The van der Waals surface area contributed by atoms with Gasteiger partial charge in [-0.1, -0.05) is 12.1 Å². The van der Waals surface area contributed by atoms with Gasteiger partial charge in [0.2, 0.25) is 0 Å². The lowest BCUT2D eigenvalue weighted by atomic mass is 9.96. The van der Waals surface area contributed by atoms with E-state index in [0.29, 0.717) is 11.2 Å². The molecule has 0 unspecified atom stereocenters. The fraction of sp³-hybridized carbons (Fsp3) is 0. The molecule has 25 heavy (non-hydrogen) atoms.